The molecule has 2 N–H and O–H groups in total. The third kappa shape index (κ3) is 3.65. The summed E-state index contributed by atoms with van der Waals surface area (Å²) < 4.78 is 5.45. The maximum atomic E-state index is 12.4. The van der Waals surface area contributed by atoms with Crippen molar-refractivity contribution in [1.29, 1.82) is 0 Å². The Morgan fingerprint density at radius 3 is 2.74 bits per heavy atom. The summed E-state index contributed by atoms with van der Waals surface area (Å²) in [5, 5.41) is 10.1. The Kier molecular flexibility index (Phi) is 4.31. The Hall–Kier alpha value is -1.63. The van der Waals surface area contributed by atoms with Gasteiger partial charge in [-0.05, 0) is 24.7 Å². The molecule has 2 amide bonds. The number of aromatic nitrogens is 3. The topological polar surface area (TPSA) is 83.1 Å². The molecule has 23 heavy (non-hydrogen) atoms. The van der Waals surface area contributed by atoms with Gasteiger partial charge in [0.25, 0.3) is 0 Å². The van der Waals surface area contributed by atoms with Crippen molar-refractivity contribution in [3.8, 4) is 0 Å². The molecule has 7 nitrogen and oxygen atoms in total. The molecule has 2 saturated heterocycles. The lowest BCUT2D eigenvalue weighted by molar-refractivity contribution is 0.0208. The molecule has 0 radical (unpaired) electrons. The van der Waals surface area contributed by atoms with Crippen LogP contribution in [0.5, 0.6) is 0 Å². The van der Waals surface area contributed by atoms with Crippen LogP contribution in [0.1, 0.15) is 51.7 Å². The first-order valence-corrected chi connectivity index (χ1v) is 8.40. The van der Waals surface area contributed by atoms with Gasteiger partial charge in [0, 0.05) is 31.7 Å². The third-order valence-electron chi connectivity index (χ3n) is 4.89. The Labute approximate surface area is 137 Å². The molecule has 2 aliphatic rings. The fourth-order valence-corrected chi connectivity index (χ4v) is 3.30. The van der Waals surface area contributed by atoms with E-state index >= 15 is 0 Å². The standard InChI is InChI=1S/C16H27N5O2/c1-15(2,3)13-18-12(19-20-13)10-17-14(22)21-7-4-16(11-21)5-8-23-9-6-16/h4-11H2,1-3H3,(H,17,22)(H,18,19,20). The van der Waals surface area contributed by atoms with Crippen LogP contribution in [0.25, 0.3) is 0 Å². The minimum Gasteiger partial charge on any atom is -0.381 e. The van der Waals surface area contributed by atoms with Gasteiger partial charge in [0.15, 0.2) is 5.82 Å². The number of H-pyrrole nitrogens is 1. The zero-order valence-corrected chi connectivity index (χ0v) is 14.3. The lowest BCUT2D eigenvalue weighted by Gasteiger charge is -2.33. The normalized spacial score (nSPS) is 20.9. The number of nitrogens with zero attached hydrogens (tertiary/aromatic N) is 3. The summed E-state index contributed by atoms with van der Waals surface area (Å²) in [7, 11) is 0. The van der Waals surface area contributed by atoms with Gasteiger partial charge < -0.3 is 15.0 Å². The molecule has 0 atom stereocenters. The van der Waals surface area contributed by atoms with Gasteiger partial charge in [0.1, 0.15) is 5.82 Å². The number of nitrogens with one attached hydrogen (secondary N) is 2. The second-order valence-corrected chi connectivity index (χ2v) is 7.80. The SMILES string of the molecule is CC(C)(C)c1n[nH]c(CNC(=O)N2CCC3(CCOCC3)C2)n1. The predicted molar refractivity (Wildman–Crippen MR) is 86.0 cm³/mol. The molecular formula is C16H27N5O2. The highest BCUT2D eigenvalue weighted by Gasteiger charge is 2.40. The van der Waals surface area contributed by atoms with E-state index in [0.29, 0.717) is 12.4 Å². The minimum atomic E-state index is -0.0941. The summed E-state index contributed by atoms with van der Waals surface area (Å²) in [5.41, 5.74) is 0.185. The van der Waals surface area contributed by atoms with Gasteiger partial charge >= 0.3 is 6.03 Å². The number of hydrogen-bond donors (Lipinski definition) is 2. The largest absolute Gasteiger partial charge is 0.381 e. The van der Waals surface area contributed by atoms with Gasteiger partial charge in [-0.15, -0.1) is 0 Å². The first-order valence-electron chi connectivity index (χ1n) is 8.40. The first-order chi connectivity index (χ1) is 10.9. The molecule has 0 aromatic carbocycles. The van der Waals surface area contributed by atoms with Gasteiger partial charge in [0.05, 0.1) is 6.54 Å². The number of carbonyl (C=O) groups is 1. The molecule has 3 rings (SSSR count). The van der Waals surface area contributed by atoms with Crippen LogP contribution < -0.4 is 5.32 Å². The average Bonchev–Trinajstić information content (AvgIpc) is 3.13. The molecule has 1 spiro atoms. The summed E-state index contributed by atoms with van der Waals surface area (Å²) in [6.07, 6.45) is 3.21. The van der Waals surface area contributed by atoms with Crippen molar-refractivity contribution < 1.29 is 9.53 Å². The zero-order valence-electron chi connectivity index (χ0n) is 14.3. The highest BCUT2D eigenvalue weighted by molar-refractivity contribution is 5.74. The predicted octanol–water partition coefficient (Wildman–Crippen LogP) is 1.81. The van der Waals surface area contributed by atoms with Crippen molar-refractivity contribution in [2.24, 2.45) is 5.41 Å². The molecule has 2 fully saturated rings. The van der Waals surface area contributed by atoms with E-state index in [4.69, 9.17) is 4.74 Å². The molecule has 0 bridgehead atoms. The number of amides is 2. The fraction of sp³-hybridized carbons (Fsp3) is 0.812. The number of carbonyl (C=O) groups excluding carboxylic acids is 1. The highest BCUT2D eigenvalue weighted by atomic mass is 16.5. The number of likely N-dealkylation sites (tertiary alicyclic amines) is 1. The van der Waals surface area contributed by atoms with Crippen molar-refractivity contribution in [2.75, 3.05) is 26.3 Å². The Morgan fingerprint density at radius 1 is 1.35 bits per heavy atom. The number of urea groups is 1. The molecular weight excluding hydrogens is 294 g/mol. The summed E-state index contributed by atoms with van der Waals surface area (Å²) >= 11 is 0. The van der Waals surface area contributed by atoms with Crippen molar-refractivity contribution in [3.05, 3.63) is 11.6 Å². The van der Waals surface area contributed by atoms with Gasteiger partial charge in [-0.2, -0.15) is 5.10 Å². The van der Waals surface area contributed by atoms with Gasteiger partial charge in [-0.3, -0.25) is 5.10 Å². The van der Waals surface area contributed by atoms with Crippen molar-refractivity contribution >= 4 is 6.03 Å². The smallest absolute Gasteiger partial charge is 0.317 e. The Bertz CT molecular complexity index is 557. The maximum Gasteiger partial charge on any atom is 0.317 e. The molecule has 2 aliphatic heterocycles. The second-order valence-electron chi connectivity index (χ2n) is 7.80. The van der Waals surface area contributed by atoms with Crippen LogP contribution in [0.3, 0.4) is 0 Å². The van der Waals surface area contributed by atoms with Gasteiger partial charge in [-0.25, -0.2) is 9.78 Å². The van der Waals surface area contributed by atoms with Crippen LogP contribution >= 0.6 is 0 Å². The first kappa shape index (κ1) is 16.2. The fourth-order valence-electron chi connectivity index (χ4n) is 3.30. The van der Waals surface area contributed by atoms with Crippen LogP contribution in [-0.2, 0) is 16.7 Å². The van der Waals surface area contributed by atoms with E-state index in [9.17, 15) is 4.79 Å². The number of aromatic amines is 1. The van der Waals surface area contributed by atoms with E-state index in [0.717, 1.165) is 51.4 Å². The number of ether oxygens (including phenoxy) is 1. The van der Waals surface area contributed by atoms with Crippen LogP contribution in [0.4, 0.5) is 4.79 Å². The Balaban J connectivity index is 1.51. The van der Waals surface area contributed by atoms with E-state index in [1.807, 2.05) is 4.90 Å². The third-order valence-corrected chi connectivity index (χ3v) is 4.89. The number of rotatable bonds is 2. The lowest BCUT2D eigenvalue weighted by atomic mass is 9.80. The molecule has 128 valence electrons. The van der Waals surface area contributed by atoms with Crippen molar-refractivity contribution in [2.45, 2.75) is 52.0 Å². The zero-order chi connectivity index (χ0) is 16.5. The summed E-state index contributed by atoms with van der Waals surface area (Å²) in [6.45, 7) is 9.89. The van der Waals surface area contributed by atoms with Crippen molar-refractivity contribution in [1.82, 2.24) is 25.4 Å². The molecule has 1 aromatic rings. The summed E-state index contributed by atoms with van der Waals surface area (Å²) in [4.78, 5) is 18.7. The average molecular weight is 321 g/mol. The van der Waals surface area contributed by atoms with Crippen molar-refractivity contribution in [3.63, 3.8) is 0 Å². The molecule has 1 aromatic heterocycles. The molecule has 0 saturated carbocycles. The molecule has 0 aliphatic carbocycles. The van der Waals surface area contributed by atoms with Crippen LogP contribution in [0.2, 0.25) is 0 Å². The van der Waals surface area contributed by atoms with E-state index in [1.165, 1.54) is 0 Å². The van der Waals surface area contributed by atoms with E-state index in [1.54, 1.807) is 0 Å². The maximum absolute atomic E-state index is 12.4. The summed E-state index contributed by atoms with van der Waals surface area (Å²) in [5.74, 6) is 1.47. The highest BCUT2D eigenvalue weighted by Crippen LogP contribution is 2.39. The van der Waals surface area contributed by atoms with Crippen LogP contribution in [-0.4, -0.2) is 52.4 Å². The molecule has 0 unspecified atom stereocenters. The summed E-state index contributed by atoms with van der Waals surface area (Å²) in [6, 6.07) is -0.0120. The van der Waals surface area contributed by atoms with E-state index in [-0.39, 0.29) is 16.9 Å². The van der Waals surface area contributed by atoms with Gasteiger partial charge in [0.2, 0.25) is 0 Å². The molecule has 3 heterocycles. The molecule has 7 heteroatoms. The number of hydrogen-bond acceptors (Lipinski definition) is 4. The van der Waals surface area contributed by atoms with E-state index in [2.05, 4.69) is 41.3 Å². The van der Waals surface area contributed by atoms with Crippen LogP contribution in [0, 0.1) is 5.41 Å². The Morgan fingerprint density at radius 2 is 2.09 bits per heavy atom. The second kappa shape index (κ2) is 6.11. The quantitative estimate of drug-likeness (QED) is 0.870. The van der Waals surface area contributed by atoms with E-state index < -0.39 is 0 Å². The van der Waals surface area contributed by atoms with Gasteiger partial charge in [-0.1, -0.05) is 20.8 Å². The van der Waals surface area contributed by atoms with Crippen LogP contribution in [0.15, 0.2) is 0 Å². The monoisotopic (exact) mass is 321 g/mol. The minimum absolute atomic E-state index is 0.0120. The lowest BCUT2D eigenvalue weighted by Crippen LogP contribution is -2.40.